The Kier molecular flexibility index (Phi) is 5.08. The van der Waals surface area contributed by atoms with E-state index in [0.717, 1.165) is 25.7 Å². The van der Waals surface area contributed by atoms with Crippen LogP contribution in [0, 0.1) is 23.1 Å². The van der Waals surface area contributed by atoms with Crippen LogP contribution in [0.5, 0.6) is 0 Å². The third kappa shape index (κ3) is 3.87. The zero-order valence-electron chi connectivity index (χ0n) is 15.7. The molecule has 0 aliphatic heterocycles. The highest BCUT2D eigenvalue weighted by Crippen LogP contribution is 2.29. The molecule has 8 nitrogen and oxygen atoms in total. The molecule has 0 saturated heterocycles. The fourth-order valence-electron chi connectivity index (χ4n) is 3.75. The van der Waals surface area contributed by atoms with Crippen molar-refractivity contribution in [2.45, 2.75) is 38.1 Å². The van der Waals surface area contributed by atoms with Crippen molar-refractivity contribution < 1.29 is 9.18 Å². The van der Waals surface area contributed by atoms with Crippen molar-refractivity contribution in [1.82, 2.24) is 19.4 Å². The van der Waals surface area contributed by atoms with Crippen LogP contribution in [0.25, 0.3) is 17.2 Å². The second kappa shape index (κ2) is 7.83. The number of pyridine rings is 1. The molecule has 3 aromatic rings. The Morgan fingerprint density at radius 2 is 2.07 bits per heavy atom. The first-order valence-corrected chi connectivity index (χ1v) is 9.48. The molecule has 1 amide bonds. The van der Waals surface area contributed by atoms with Gasteiger partial charge in [0, 0.05) is 24.9 Å². The zero-order chi connectivity index (χ0) is 20.4. The molecule has 1 aliphatic rings. The van der Waals surface area contributed by atoms with Crippen LogP contribution in [-0.4, -0.2) is 31.3 Å². The van der Waals surface area contributed by atoms with Crippen molar-refractivity contribution in [1.29, 1.82) is 5.26 Å². The molecular formula is C20H20FN7O. The summed E-state index contributed by atoms with van der Waals surface area (Å²) in [6.07, 6.45) is 8.48. The Hall–Kier alpha value is -3.54. The maximum atomic E-state index is 13.7. The van der Waals surface area contributed by atoms with Crippen LogP contribution >= 0.6 is 0 Å². The molecule has 1 aliphatic carbocycles. The van der Waals surface area contributed by atoms with Crippen LogP contribution in [0.4, 0.5) is 10.2 Å². The van der Waals surface area contributed by atoms with E-state index in [9.17, 15) is 9.18 Å². The highest BCUT2D eigenvalue weighted by atomic mass is 19.1. The maximum Gasteiger partial charge on any atom is 0.254 e. The Morgan fingerprint density at radius 1 is 1.28 bits per heavy atom. The number of primary amides is 1. The number of hydrogen-bond acceptors (Lipinski definition) is 6. The minimum absolute atomic E-state index is 0.130. The SMILES string of the molecule is N#CCC1CCC(Nc2nc(-c3cnc4ccc(F)cn34)ncc2C(N)=O)CC1. The Bertz CT molecular complexity index is 1100. The maximum absolute atomic E-state index is 13.7. The molecule has 29 heavy (non-hydrogen) atoms. The van der Waals surface area contributed by atoms with Crippen molar-refractivity contribution in [3.8, 4) is 17.6 Å². The van der Waals surface area contributed by atoms with Crippen LogP contribution < -0.4 is 11.1 Å². The molecule has 9 heteroatoms. The fraction of sp³-hybridized carbons (Fsp3) is 0.350. The summed E-state index contributed by atoms with van der Waals surface area (Å²) in [7, 11) is 0. The van der Waals surface area contributed by atoms with E-state index in [1.54, 1.807) is 16.7 Å². The number of carbonyl (C=O) groups is 1. The molecule has 0 spiro atoms. The lowest BCUT2D eigenvalue weighted by Crippen LogP contribution is -2.28. The molecule has 3 N–H and O–H groups in total. The number of amides is 1. The van der Waals surface area contributed by atoms with Crippen LogP contribution in [0.2, 0.25) is 0 Å². The van der Waals surface area contributed by atoms with Crippen molar-refractivity contribution in [3.05, 3.63) is 42.1 Å². The summed E-state index contributed by atoms with van der Waals surface area (Å²) in [5.41, 5.74) is 6.77. The number of nitrogens with two attached hydrogens (primary N) is 1. The van der Waals surface area contributed by atoms with Crippen LogP contribution in [0.15, 0.2) is 30.7 Å². The topological polar surface area (TPSA) is 122 Å². The van der Waals surface area contributed by atoms with Crippen LogP contribution in [0.3, 0.4) is 0 Å². The van der Waals surface area contributed by atoms with E-state index in [1.807, 2.05) is 0 Å². The summed E-state index contributed by atoms with van der Waals surface area (Å²) >= 11 is 0. The molecule has 0 bridgehead atoms. The van der Waals surface area contributed by atoms with Crippen LogP contribution in [0.1, 0.15) is 42.5 Å². The van der Waals surface area contributed by atoms with Gasteiger partial charge < -0.3 is 11.1 Å². The predicted molar refractivity (Wildman–Crippen MR) is 104 cm³/mol. The smallest absolute Gasteiger partial charge is 0.254 e. The molecule has 3 heterocycles. The number of rotatable bonds is 5. The van der Waals surface area contributed by atoms with Gasteiger partial charge in [0.15, 0.2) is 5.82 Å². The van der Waals surface area contributed by atoms with Gasteiger partial charge >= 0.3 is 0 Å². The summed E-state index contributed by atoms with van der Waals surface area (Å²) in [4.78, 5) is 24.8. The van der Waals surface area contributed by atoms with Gasteiger partial charge in [0.05, 0.1) is 17.8 Å². The first-order valence-electron chi connectivity index (χ1n) is 9.48. The standard InChI is InChI=1S/C20H20FN7O/c21-13-3-6-17-24-10-16(28(17)11-13)20-25-9-15(18(23)29)19(27-20)26-14-4-1-12(2-5-14)7-8-22/h3,6,9-12,14H,1-2,4-5,7H2,(H2,23,29)(H,25,26,27). The van der Waals surface area contributed by atoms with E-state index in [-0.39, 0.29) is 11.6 Å². The summed E-state index contributed by atoms with van der Waals surface area (Å²) in [5.74, 6) is 0.0633. The number of anilines is 1. The van der Waals surface area contributed by atoms with Crippen molar-refractivity contribution in [2.24, 2.45) is 11.7 Å². The number of hydrogen-bond donors (Lipinski definition) is 2. The molecule has 0 unspecified atom stereocenters. The molecule has 0 atom stereocenters. The number of nitrogens with one attached hydrogen (secondary N) is 1. The third-order valence-corrected chi connectivity index (χ3v) is 5.32. The number of nitrogens with zero attached hydrogens (tertiary/aromatic N) is 5. The molecule has 1 fully saturated rings. The quantitative estimate of drug-likeness (QED) is 0.687. The Labute approximate surface area is 166 Å². The van der Waals surface area contributed by atoms with E-state index >= 15 is 0 Å². The summed E-state index contributed by atoms with van der Waals surface area (Å²) in [5, 5.41) is 12.2. The lowest BCUT2D eigenvalue weighted by molar-refractivity contribution is 0.100. The number of carbonyl (C=O) groups excluding carboxylic acids is 1. The normalized spacial score (nSPS) is 19.0. The molecule has 3 aromatic heterocycles. The number of imidazole rings is 1. The van der Waals surface area contributed by atoms with Gasteiger partial charge in [-0.05, 0) is 43.7 Å². The zero-order valence-corrected chi connectivity index (χ0v) is 15.7. The van der Waals surface area contributed by atoms with Gasteiger partial charge in [0.1, 0.15) is 23.0 Å². The van der Waals surface area contributed by atoms with Gasteiger partial charge in [-0.1, -0.05) is 0 Å². The Morgan fingerprint density at radius 3 is 2.79 bits per heavy atom. The van der Waals surface area contributed by atoms with Gasteiger partial charge in [-0.2, -0.15) is 5.26 Å². The summed E-state index contributed by atoms with van der Waals surface area (Å²) in [6, 6.07) is 5.26. The van der Waals surface area contributed by atoms with E-state index in [2.05, 4.69) is 26.3 Å². The fourth-order valence-corrected chi connectivity index (χ4v) is 3.75. The second-order valence-electron chi connectivity index (χ2n) is 7.26. The van der Waals surface area contributed by atoms with Crippen molar-refractivity contribution >= 4 is 17.4 Å². The summed E-state index contributed by atoms with van der Waals surface area (Å²) < 4.78 is 15.2. The predicted octanol–water partition coefficient (Wildman–Crippen LogP) is 2.91. The van der Waals surface area contributed by atoms with Crippen molar-refractivity contribution in [2.75, 3.05) is 5.32 Å². The number of halogens is 1. The van der Waals surface area contributed by atoms with Gasteiger partial charge in [0.2, 0.25) is 0 Å². The first-order chi connectivity index (χ1) is 14.0. The van der Waals surface area contributed by atoms with Gasteiger partial charge in [0.25, 0.3) is 5.91 Å². The van der Waals surface area contributed by atoms with E-state index in [0.29, 0.717) is 35.3 Å². The molecular weight excluding hydrogens is 373 g/mol. The third-order valence-electron chi connectivity index (χ3n) is 5.32. The van der Waals surface area contributed by atoms with Crippen LogP contribution in [-0.2, 0) is 0 Å². The molecule has 0 aromatic carbocycles. The number of nitriles is 1. The Balaban J connectivity index is 1.64. The first kappa shape index (κ1) is 18.8. The number of fused-ring (bicyclic) bond motifs is 1. The molecule has 148 valence electrons. The number of aromatic nitrogens is 4. The van der Waals surface area contributed by atoms with E-state index < -0.39 is 11.7 Å². The highest BCUT2D eigenvalue weighted by molar-refractivity contribution is 5.97. The highest BCUT2D eigenvalue weighted by Gasteiger charge is 2.23. The second-order valence-corrected chi connectivity index (χ2v) is 7.26. The van der Waals surface area contributed by atoms with Crippen molar-refractivity contribution in [3.63, 3.8) is 0 Å². The van der Waals surface area contributed by atoms with Gasteiger partial charge in [-0.3, -0.25) is 9.20 Å². The lowest BCUT2D eigenvalue weighted by atomic mass is 9.84. The molecule has 1 saturated carbocycles. The van der Waals surface area contributed by atoms with Gasteiger partial charge in [-0.15, -0.1) is 0 Å². The minimum atomic E-state index is -0.624. The summed E-state index contributed by atoms with van der Waals surface area (Å²) in [6.45, 7) is 0. The van der Waals surface area contributed by atoms with Gasteiger partial charge in [-0.25, -0.2) is 19.3 Å². The lowest BCUT2D eigenvalue weighted by Gasteiger charge is -2.28. The largest absolute Gasteiger partial charge is 0.367 e. The minimum Gasteiger partial charge on any atom is -0.367 e. The molecule has 4 rings (SSSR count). The average Bonchev–Trinajstić information content (AvgIpc) is 3.12. The monoisotopic (exact) mass is 393 g/mol. The van der Waals surface area contributed by atoms with E-state index in [4.69, 9.17) is 11.0 Å². The molecule has 0 radical (unpaired) electrons. The average molecular weight is 393 g/mol. The van der Waals surface area contributed by atoms with E-state index in [1.165, 1.54) is 18.5 Å².